The standard InChI is InChI=1S/C22H22N2O/c25-22(24-12-11-15-5-1-2-6-17(15)14-24)16-9-10-21-19(13-16)18-7-3-4-8-20(18)23-21/h1-8,16,23H,9-14H2. The Bertz CT molecular complexity index is 956. The molecule has 3 heteroatoms. The molecule has 0 saturated carbocycles. The van der Waals surface area contributed by atoms with E-state index in [-0.39, 0.29) is 5.92 Å². The number of hydrogen-bond donors (Lipinski definition) is 1. The van der Waals surface area contributed by atoms with Crippen LogP contribution in [0.3, 0.4) is 0 Å². The van der Waals surface area contributed by atoms with Crippen molar-refractivity contribution in [2.75, 3.05) is 6.54 Å². The van der Waals surface area contributed by atoms with E-state index in [1.165, 1.54) is 33.3 Å². The van der Waals surface area contributed by atoms with Gasteiger partial charge < -0.3 is 9.88 Å². The monoisotopic (exact) mass is 330 g/mol. The minimum Gasteiger partial charge on any atom is -0.358 e. The van der Waals surface area contributed by atoms with Crippen molar-refractivity contribution < 1.29 is 4.79 Å². The Hall–Kier alpha value is -2.55. The first-order chi connectivity index (χ1) is 12.3. The van der Waals surface area contributed by atoms with Crippen LogP contribution < -0.4 is 0 Å². The summed E-state index contributed by atoms with van der Waals surface area (Å²) in [6, 6.07) is 17.0. The molecule has 0 bridgehead atoms. The van der Waals surface area contributed by atoms with Crippen molar-refractivity contribution >= 4 is 16.8 Å². The third kappa shape index (κ3) is 2.46. The lowest BCUT2D eigenvalue weighted by Crippen LogP contribution is -2.41. The average Bonchev–Trinajstić information content (AvgIpc) is 3.05. The summed E-state index contributed by atoms with van der Waals surface area (Å²) in [5, 5.41) is 1.29. The molecule has 126 valence electrons. The lowest BCUT2D eigenvalue weighted by Gasteiger charge is -2.33. The molecule has 2 aromatic carbocycles. The van der Waals surface area contributed by atoms with Crippen molar-refractivity contribution in [1.82, 2.24) is 9.88 Å². The van der Waals surface area contributed by atoms with Gasteiger partial charge in [-0.3, -0.25) is 4.79 Å². The molecule has 2 heterocycles. The van der Waals surface area contributed by atoms with Crippen LogP contribution in [-0.2, 0) is 30.6 Å². The predicted octanol–water partition coefficient (Wildman–Crippen LogP) is 3.86. The van der Waals surface area contributed by atoms with Gasteiger partial charge in [-0.15, -0.1) is 0 Å². The number of nitrogens with zero attached hydrogens (tertiary/aromatic N) is 1. The Balaban J connectivity index is 1.39. The van der Waals surface area contributed by atoms with Crippen molar-refractivity contribution in [2.45, 2.75) is 32.2 Å². The van der Waals surface area contributed by atoms with Gasteiger partial charge in [-0.1, -0.05) is 42.5 Å². The molecule has 1 aliphatic heterocycles. The topological polar surface area (TPSA) is 36.1 Å². The van der Waals surface area contributed by atoms with E-state index >= 15 is 0 Å². The molecule has 25 heavy (non-hydrogen) atoms. The third-order valence-corrected chi connectivity index (χ3v) is 5.89. The Morgan fingerprint density at radius 3 is 2.72 bits per heavy atom. The fourth-order valence-electron chi connectivity index (χ4n) is 4.52. The van der Waals surface area contributed by atoms with Gasteiger partial charge in [0.2, 0.25) is 5.91 Å². The van der Waals surface area contributed by atoms with Crippen LogP contribution in [0.5, 0.6) is 0 Å². The van der Waals surface area contributed by atoms with Crippen molar-refractivity contribution in [1.29, 1.82) is 0 Å². The summed E-state index contributed by atoms with van der Waals surface area (Å²) in [5.41, 5.74) is 6.60. The summed E-state index contributed by atoms with van der Waals surface area (Å²) in [6.07, 6.45) is 3.78. The predicted molar refractivity (Wildman–Crippen MR) is 99.4 cm³/mol. The number of aryl methyl sites for hydroxylation is 1. The number of benzene rings is 2. The SMILES string of the molecule is O=C(C1CCc2[nH]c3ccccc3c2C1)N1CCc2ccccc2C1. The number of aromatic nitrogens is 1. The highest BCUT2D eigenvalue weighted by atomic mass is 16.2. The maximum atomic E-state index is 13.1. The van der Waals surface area contributed by atoms with E-state index in [0.717, 1.165) is 38.8 Å². The van der Waals surface area contributed by atoms with Crippen LogP contribution in [0.4, 0.5) is 0 Å². The fraction of sp³-hybridized carbons (Fsp3) is 0.318. The van der Waals surface area contributed by atoms with E-state index in [4.69, 9.17) is 0 Å². The van der Waals surface area contributed by atoms with Gasteiger partial charge in [-0.25, -0.2) is 0 Å². The summed E-state index contributed by atoms with van der Waals surface area (Å²) in [6.45, 7) is 1.62. The highest BCUT2D eigenvalue weighted by Crippen LogP contribution is 2.33. The Kier molecular flexibility index (Phi) is 3.40. The van der Waals surface area contributed by atoms with Gasteiger partial charge in [-0.2, -0.15) is 0 Å². The number of carbonyl (C=O) groups is 1. The Labute approximate surface area is 147 Å². The number of carbonyl (C=O) groups excluding carboxylic acids is 1. The minimum absolute atomic E-state index is 0.122. The molecule has 0 radical (unpaired) electrons. The normalized spacial score (nSPS) is 19.5. The number of H-pyrrole nitrogens is 1. The van der Waals surface area contributed by atoms with Gasteiger partial charge in [0.15, 0.2) is 0 Å². The van der Waals surface area contributed by atoms with Crippen LogP contribution in [0.25, 0.3) is 10.9 Å². The van der Waals surface area contributed by atoms with E-state index in [1.807, 2.05) is 0 Å². The molecule has 0 saturated heterocycles. The molecule has 3 aromatic rings. The molecule has 1 unspecified atom stereocenters. The molecule has 0 spiro atoms. The van der Waals surface area contributed by atoms with Gasteiger partial charge in [0.25, 0.3) is 0 Å². The van der Waals surface area contributed by atoms with Crippen molar-refractivity contribution in [3.8, 4) is 0 Å². The third-order valence-electron chi connectivity index (χ3n) is 5.89. The highest BCUT2D eigenvalue weighted by molar-refractivity contribution is 5.87. The molecule has 0 fully saturated rings. The van der Waals surface area contributed by atoms with Crippen molar-refractivity contribution in [3.63, 3.8) is 0 Å². The van der Waals surface area contributed by atoms with Gasteiger partial charge in [-0.05, 0) is 48.4 Å². The molecule has 1 atom stereocenters. The van der Waals surface area contributed by atoms with Crippen LogP contribution in [0.1, 0.15) is 28.8 Å². The maximum Gasteiger partial charge on any atom is 0.226 e. The second-order valence-electron chi connectivity index (χ2n) is 7.35. The fourth-order valence-corrected chi connectivity index (χ4v) is 4.52. The van der Waals surface area contributed by atoms with Gasteiger partial charge >= 0.3 is 0 Å². The summed E-state index contributed by atoms with van der Waals surface area (Å²) >= 11 is 0. The van der Waals surface area contributed by atoms with Crippen LogP contribution in [0.2, 0.25) is 0 Å². The summed E-state index contributed by atoms with van der Waals surface area (Å²) in [5.74, 6) is 0.461. The second-order valence-corrected chi connectivity index (χ2v) is 7.35. The summed E-state index contributed by atoms with van der Waals surface area (Å²) < 4.78 is 0. The summed E-state index contributed by atoms with van der Waals surface area (Å²) in [4.78, 5) is 18.8. The van der Waals surface area contributed by atoms with E-state index in [2.05, 4.69) is 58.4 Å². The number of rotatable bonds is 1. The zero-order valence-corrected chi connectivity index (χ0v) is 14.3. The highest BCUT2D eigenvalue weighted by Gasteiger charge is 2.31. The number of nitrogens with one attached hydrogen (secondary N) is 1. The molecule has 3 nitrogen and oxygen atoms in total. The molecule has 1 aliphatic carbocycles. The lowest BCUT2D eigenvalue weighted by molar-refractivity contribution is -0.136. The first-order valence-corrected chi connectivity index (χ1v) is 9.23. The molecular formula is C22H22N2O. The van der Waals surface area contributed by atoms with Crippen LogP contribution in [0.15, 0.2) is 48.5 Å². The minimum atomic E-state index is 0.122. The number of para-hydroxylation sites is 1. The lowest BCUT2D eigenvalue weighted by atomic mass is 9.85. The second kappa shape index (κ2) is 5.76. The molecular weight excluding hydrogens is 308 g/mol. The zero-order chi connectivity index (χ0) is 16.8. The summed E-state index contributed by atoms with van der Waals surface area (Å²) in [7, 11) is 0. The molecule has 1 amide bonds. The zero-order valence-electron chi connectivity index (χ0n) is 14.3. The Morgan fingerprint density at radius 1 is 1.00 bits per heavy atom. The first kappa shape index (κ1) is 14.8. The average molecular weight is 330 g/mol. The van der Waals surface area contributed by atoms with Gasteiger partial charge in [0.1, 0.15) is 0 Å². The number of hydrogen-bond acceptors (Lipinski definition) is 1. The van der Waals surface area contributed by atoms with Crippen molar-refractivity contribution in [3.05, 3.63) is 70.9 Å². The van der Waals surface area contributed by atoms with Crippen LogP contribution in [-0.4, -0.2) is 22.3 Å². The van der Waals surface area contributed by atoms with Gasteiger partial charge in [0.05, 0.1) is 0 Å². The number of aromatic amines is 1. The largest absolute Gasteiger partial charge is 0.358 e. The molecule has 1 N–H and O–H groups in total. The van der Waals surface area contributed by atoms with E-state index in [9.17, 15) is 4.79 Å². The first-order valence-electron chi connectivity index (χ1n) is 9.23. The smallest absolute Gasteiger partial charge is 0.226 e. The molecule has 2 aliphatic rings. The molecule has 1 aromatic heterocycles. The van der Waals surface area contributed by atoms with Gasteiger partial charge in [0, 0.05) is 35.6 Å². The number of amides is 1. The van der Waals surface area contributed by atoms with E-state index in [0.29, 0.717) is 5.91 Å². The van der Waals surface area contributed by atoms with E-state index < -0.39 is 0 Å². The van der Waals surface area contributed by atoms with Crippen LogP contribution in [0, 0.1) is 5.92 Å². The maximum absolute atomic E-state index is 13.1. The van der Waals surface area contributed by atoms with Crippen LogP contribution >= 0.6 is 0 Å². The molecule has 5 rings (SSSR count). The number of fused-ring (bicyclic) bond motifs is 4. The Morgan fingerprint density at radius 2 is 1.80 bits per heavy atom. The quantitative estimate of drug-likeness (QED) is 0.723. The van der Waals surface area contributed by atoms with Crippen molar-refractivity contribution in [2.24, 2.45) is 5.92 Å². The van der Waals surface area contributed by atoms with E-state index in [1.54, 1.807) is 0 Å².